The molecule has 162 valence electrons. The Morgan fingerprint density at radius 3 is 2.47 bits per heavy atom. The summed E-state index contributed by atoms with van der Waals surface area (Å²) in [7, 11) is -3.62. The second-order valence-corrected chi connectivity index (χ2v) is 9.09. The van der Waals surface area contributed by atoms with E-state index in [2.05, 4.69) is 10.0 Å². The molecule has 2 N–H and O–H groups in total. The Morgan fingerprint density at radius 1 is 1.17 bits per heavy atom. The van der Waals surface area contributed by atoms with Gasteiger partial charge in [0.15, 0.2) is 0 Å². The molecule has 2 atom stereocenters. The van der Waals surface area contributed by atoms with Gasteiger partial charge in [0.2, 0.25) is 10.0 Å². The number of sulfonamides is 1. The van der Waals surface area contributed by atoms with Gasteiger partial charge in [0.05, 0.1) is 17.1 Å². The third-order valence-corrected chi connectivity index (χ3v) is 6.42. The summed E-state index contributed by atoms with van der Waals surface area (Å²) >= 11 is 0. The van der Waals surface area contributed by atoms with Gasteiger partial charge in [0, 0.05) is 24.4 Å². The molecule has 0 aliphatic carbocycles. The second kappa shape index (κ2) is 10.1. The van der Waals surface area contributed by atoms with Crippen molar-refractivity contribution in [1.29, 1.82) is 0 Å². The van der Waals surface area contributed by atoms with E-state index in [9.17, 15) is 13.2 Å². The molecule has 0 saturated carbocycles. The van der Waals surface area contributed by atoms with Crippen LogP contribution in [0.25, 0.3) is 0 Å². The quantitative estimate of drug-likeness (QED) is 0.632. The third-order valence-electron chi connectivity index (χ3n) is 4.98. The normalized spacial score (nSPS) is 17.5. The zero-order valence-electron chi connectivity index (χ0n) is 17.3. The van der Waals surface area contributed by atoms with Crippen molar-refractivity contribution >= 4 is 21.6 Å². The lowest BCUT2D eigenvalue weighted by molar-refractivity contribution is 0.102. The first kappa shape index (κ1) is 22.3. The maximum absolute atomic E-state index is 12.4. The smallest absolute Gasteiger partial charge is 0.255 e. The first-order chi connectivity index (χ1) is 14.4. The van der Waals surface area contributed by atoms with Gasteiger partial charge in [0.25, 0.3) is 5.91 Å². The Bertz CT molecular complexity index is 936. The van der Waals surface area contributed by atoms with Gasteiger partial charge in [0.1, 0.15) is 5.75 Å². The van der Waals surface area contributed by atoms with E-state index in [1.54, 1.807) is 36.4 Å². The molecule has 2 aromatic carbocycles. The van der Waals surface area contributed by atoms with Crippen LogP contribution >= 0.6 is 0 Å². The molecule has 0 bridgehead atoms. The number of rotatable bonds is 9. The summed E-state index contributed by atoms with van der Waals surface area (Å²) in [5, 5.41) is 2.77. The highest BCUT2D eigenvalue weighted by Crippen LogP contribution is 2.18. The molecule has 0 aromatic heterocycles. The summed E-state index contributed by atoms with van der Waals surface area (Å²) in [6.45, 7) is 4.97. The van der Waals surface area contributed by atoms with Crippen molar-refractivity contribution in [1.82, 2.24) is 4.72 Å². The SMILES string of the molecule is CCC(C)Oc1ccc(C(=O)Nc2ccc(S(=O)(=O)NCC3CCCO3)cc2)cc1. The molecular weight excluding hydrogens is 404 g/mol. The highest BCUT2D eigenvalue weighted by molar-refractivity contribution is 7.89. The maximum Gasteiger partial charge on any atom is 0.255 e. The average molecular weight is 433 g/mol. The van der Waals surface area contributed by atoms with Gasteiger partial charge in [-0.1, -0.05) is 6.92 Å². The van der Waals surface area contributed by atoms with Crippen molar-refractivity contribution in [2.45, 2.75) is 50.2 Å². The average Bonchev–Trinajstić information content (AvgIpc) is 3.27. The minimum Gasteiger partial charge on any atom is -0.491 e. The lowest BCUT2D eigenvalue weighted by Gasteiger charge is -2.13. The van der Waals surface area contributed by atoms with Crippen LogP contribution in [0, 0.1) is 0 Å². The van der Waals surface area contributed by atoms with Gasteiger partial charge in [-0.3, -0.25) is 4.79 Å². The predicted octanol–water partition coefficient (Wildman–Crippen LogP) is 3.57. The third kappa shape index (κ3) is 6.04. The van der Waals surface area contributed by atoms with E-state index in [0.717, 1.165) is 19.3 Å². The molecule has 3 rings (SSSR count). The van der Waals surface area contributed by atoms with Crippen LogP contribution in [-0.2, 0) is 14.8 Å². The van der Waals surface area contributed by atoms with Gasteiger partial charge in [-0.15, -0.1) is 0 Å². The minimum absolute atomic E-state index is 0.0692. The monoisotopic (exact) mass is 432 g/mol. The summed E-state index contributed by atoms with van der Waals surface area (Å²) in [6, 6.07) is 13.0. The fourth-order valence-corrected chi connectivity index (χ4v) is 4.08. The van der Waals surface area contributed by atoms with E-state index in [4.69, 9.17) is 9.47 Å². The maximum atomic E-state index is 12.4. The van der Waals surface area contributed by atoms with Crippen molar-refractivity contribution in [3.63, 3.8) is 0 Å². The summed E-state index contributed by atoms with van der Waals surface area (Å²) in [6.07, 6.45) is 2.75. The molecule has 8 heteroatoms. The molecule has 1 aliphatic heterocycles. The van der Waals surface area contributed by atoms with Gasteiger partial charge >= 0.3 is 0 Å². The molecule has 1 aliphatic rings. The van der Waals surface area contributed by atoms with E-state index in [-0.39, 0.29) is 29.6 Å². The van der Waals surface area contributed by atoms with E-state index < -0.39 is 10.0 Å². The first-order valence-electron chi connectivity index (χ1n) is 10.2. The lowest BCUT2D eigenvalue weighted by Crippen LogP contribution is -2.31. The molecule has 30 heavy (non-hydrogen) atoms. The lowest BCUT2D eigenvalue weighted by atomic mass is 10.2. The Morgan fingerprint density at radius 2 is 1.87 bits per heavy atom. The van der Waals surface area contributed by atoms with Crippen LogP contribution in [0.15, 0.2) is 53.4 Å². The summed E-state index contributed by atoms with van der Waals surface area (Å²) in [4.78, 5) is 12.6. The van der Waals surface area contributed by atoms with Crippen molar-refractivity contribution < 1.29 is 22.7 Å². The number of benzene rings is 2. The fraction of sp³-hybridized carbons (Fsp3) is 0.409. The van der Waals surface area contributed by atoms with Crippen LogP contribution in [0.1, 0.15) is 43.5 Å². The van der Waals surface area contributed by atoms with Gasteiger partial charge < -0.3 is 14.8 Å². The molecular formula is C22H28N2O5S. The zero-order valence-corrected chi connectivity index (χ0v) is 18.1. The van der Waals surface area contributed by atoms with E-state index in [1.807, 2.05) is 13.8 Å². The molecule has 1 fully saturated rings. The molecule has 2 unspecified atom stereocenters. The number of ether oxygens (including phenoxy) is 2. The summed E-state index contributed by atoms with van der Waals surface area (Å²) in [5.41, 5.74) is 0.999. The number of amides is 1. The predicted molar refractivity (Wildman–Crippen MR) is 115 cm³/mol. The van der Waals surface area contributed by atoms with E-state index >= 15 is 0 Å². The minimum atomic E-state index is -3.62. The highest BCUT2D eigenvalue weighted by Gasteiger charge is 2.20. The molecule has 1 heterocycles. The highest BCUT2D eigenvalue weighted by atomic mass is 32.2. The Labute approximate surface area is 177 Å². The summed E-state index contributed by atoms with van der Waals surface area (Å²) in [5.74, 6) is 0.433. The topological polar surface area (TPSA) is 93.7 Å². The molecule has 7 nitrogen and oxygen atoms in total. The Balaban J connectivity index is 1.57. The number of carbonyl (C=O) groups excluding carboxylic acids is 1. The van der Waals surface area contributed by atoms with Crippen molar-refractivity contribution in [3.05, 3.63) is 54.1 Å². The Hall–Kier alpha value is -2.42. The van der Waals surface area contributed by atoms with Crippen LogP contribution in [0.5, 0.6) is 5.75 Å². The second-order valence-electron chi connectivity index (χ2n) is 7.33. The molecule has 1 amide bonds. The van der Waals surface area contributed by atoms with Crippen LogP contribution in [0.2, 0.25) is 0 Å². The van der Waals surface area contributed by atoms with Crippen molar-refractivity contribution in [3.8, 4) is 5.75 Å². The Kier molecular flexibility index (Phi) is 7.47. The largest absolute Gasteiger partial charge is 0.491 e. The molecule has 2 aromatic rings. The number of nitrogens with one attached hydrogen (secondary N) is 2. The number of anilines is 1. The van der Waals surface area contributed by atoms with Crippen LogP contribution < -0.4 is 14.8 Å². The molecule has 1 saturated heterocycles. The number of carbonyl (C=O) groups is 1. The van der Waals surface area contributed by atoms with E-state index in [1.165, 1.54) is 12.1 Å². The van der Waals surface area contributed by atoms with Crippen LogP contribution in [0.3, 0.4) is 0 Å². The number of hydrogen-bond donors (Lipinski definition) is 2. The van der Waals surface area contributed by atoms with Crippen LogP contribution in [0.4, 0.5) is 5.69 Å². The standard InChI is InChI=1S/C22H28N2O5S/c1-3-16(2)29-19-10-6-17(7-11-19)22(25)24-18-8-12-21(13-9-18)30(26,27)23-15-20-5-4-14-28-20/h6-13,16,20,23H,3-5,14-15H2,1-2H3,(H,24,25). The molecule has 0 radical (unpaired) electrons. The van der Waals surface area contributed by atoms with Crippen LogP contribution in [-0.4, -0.2) is 39.7 Å². The van der Waals surface area contributed by atoms with Gasteiger partial charge in [-0.2, -0.15) is 0 Å². The summed E-state index contributed by atoms with van der Waals surface area (Å²) < 4.78 is 38.5. The molecule has 0 spiro atoms. The zero-order chi connectivity index (χ0) is 21.6. The number of hydrogen-bond acceptors (Lipinski definition) is 5. The van der Waals surface area contributed by atoms with E-state index in [0.29, 0.717) is 23.6 Å². The first-order valence-corrected chi connectivity index (χ1v) is 11.6. The van der Waals surface area contributed by atoms with Crippen molar-refractivity contribution in [2.24, 2.45) is 0 Å². The van der Waals surface area contributed by atoms with Gasteiger partial charge in [-0.25, -0.2) is 13.1 Å². The fourth-order valence-electron chi connectivity index (χ4n) is 3.01. The van der Waals surface area contributed by atoms with Gasteiger partial charge in [-0.05, 0) is 74.7 Å². The van der Waals surface area contributed by atoms with Crippen molar-refractivity contribution in [2.75, 3.05) is 18.5 Å².